The maximum absolute atomic E-state index is 13.7. The number of carboxylic acid groups (broad SMARTS) is 1. The van der Waals surface area contributed by atoms with Crippen LogP contribution >= 0.6 is 0 Å². The second-order valence-electron chi connectivity index (χ2n) is 11.4. The molecule has 0 heterocycles. The lowest BCUT2D eigenvalue weighted by Gasteiger charge is -2.27. The van der Waals surface area contributed by atoms with Gasteiger partial charge in [0.25, 0.3) is 0 Å². The van der Waals surface area contributed by atoms with E-state index in [-0.39, 0.29) is 55.7 Å². The van der Waals surface area contributed by atoms with Crippen LogP contribution < -0.4 is 21.1 Å². The summed E-state index contributed by atoms with van der Waals surface area (Å²) in [6, 6.07) is 12.0. The second-order valence-corrected chi connectivity index (χ2v) is 13.0. The molecular weight excluding hydrogens is 642 g/mol. The molecule has 14 nitrogen and oxygen atoms in total. The van der Waals surface area contributed by atoms with Crippen molar-refractivity contribution in [2.45, 2.75) is 70.7 Å². The summed E-state index contributed by atoms with van der Waals surface area (Å²) >= 11 is 0. The fourth-order valence-electron chi connectivity index (χ4n) is 4.45. The first-order valence-corrected chi connectivity index (χ1v) is 17.1. The van der Waals surface area contributed by atoms with E-state index in [1.807, 2.05) is 6.07 Å². The molecule has 0 aliphatic rings. The Morgan fingerprint density at radius 3 is 2.10 bits per heavy atom. The molecule has 1 unspecified atom stereocenters. The van der Waals surface area contributed by atoms with Gasteiger partial charge >= 0.3 is 12.1 Å². The molecule has 4 atom stereocenters. The van der Waals surface area contributed by atoms with Gasteiger partial charge in [-0.1, -0.05) is 42.5 Å². The number of ether oxygens (including phenoxy) is 2. The molecule has 2 aromatic rings. The second kappa shape index (κ2) is 19.8. The van der Waals surface area contributed by atoms with Crippen molar-refractivity contribution in [2.75, 3.05) is 25.6 Å². The fourth-order valence-corrected chi connectivity index (χ4v) is 5.02. The summed E-state index contributed by atoms with van der Waals surface area (Å²) in [6.07, 6.45) is 0.173. The molecular formula is C33H45N5O9S. The van der Waals surface area contributed by atoms with Crippen LogP contribution in [0, 0.1) is 0 Å². The van der Waals surface area contributed by atoms with E-state index in [4.69, 9.17) is 20.3 Å². The van der Waals surface area contributed by atoms with E-state index >= 15 is 0 Å². The minimum Gasteiger partial charge on any atom is -0.481 e. The Bertz CT molecular complexity index is 1450. The van der Waals surface area contributed by atoms with Crippen molar-refractivity contribution in [2.24, 2.45) is 10.7 Å². The normalized spacial score (nSPS) is 13.8. The molecule has 2 aromatic carbocycles. The minimum absolute atomic E-state index is 0.00165. The van der Waals surface area contributed by atoms with E-state index in [0.29, 0.717) is 5.56 Å². The molecule has 0 aliphatic carbocycles. The lowest BCUT2D eigenvalue weighted by Crippen LogP contribution is -2.56. The third-order valence-corrected chi connectivity index (χ3v) is 7.62. The molecule has 0 radical (unpaired) electrons. The number of benzene rings is 2. The van der Waals surface area contributed by atoms with E-state index in [0.717, 1.165) is 5.56 Å². The average molecular weight is 688 g/mol. The number of amidine groups is 1. The van der Waals surface area contributed by atoms with Crippen LogP contribution in [-0.2, 0) is 47.6 Å². The Morgan fingerprint density at radius 2 is 1.54 bits per heavy atom. The molecule has 0 saturated carbocycles. The first-order chi connectivity index (χ1) is 22.6. The van der Waals surface area contributed by atoms with Gasteiger partial charge < -0.3 is 35.8 Å². The third-order valence-electron chi connectivity index (χ3n) is 6.81. The van der Waals surface area contributed by atoms with E-state index in [1.165, 1.54) is 37.3 Å². The number of carbonyl (C=O) groups is 5. The molecule has 262 valence electrons. The Balaban J connectivity index is 2.27. The van der Waals surface area contributed by atoms with Gasteiger partial charge in [-0.2, -0.15) is 0 Å². The van der Waals surface area contributed by atoms with Crippen LogP contribution in [0.2, 0.25) is 0 Å². The molecule has 2 rings (SSSR count). The standard InChI is InChI=1S/C33H45N5O9S/c1-21(2)46-33(44)47-25-13-11-24(12-14-25)19-27(35-22(3)34)31(42)36-26(16-18-48(5)45)30(41)37-28(20-23-9-7-6-8-10-23)32(43)38(4)17-15-29(39)40/h6-14,21,26-28H,15-20H2,1-5H3,(H2,34,35)(H,36,42)(H,37,41)(H,39,40)/t26-,27+,28+,48?/m1/s1. The van der Waals surface area contributed by atoms with Crippen molar-refractivity contribution in [3.8, 4) is 5.75 Å². The van der Waals surface area contributed by atoms with Gasteiger partial charge in [0.1, 0.15) is 23.9 Å². The van der Waals surface area contributed by atoms with E-state index in [1.54, 1.807) is 50.2 Å². The molecule has 0 fully saturated rings. The molecule has 0 aromatic heterocycles. The molecule has 3 amide bonds. The highest BCUT2D eigenvalue weighted by Crippen LogP contribution is 2.16. The topological polar surface area (TPSA) is 207 Å². The van der Waals surface area contributed by atoms with Crippen LogP contribution in [0.5, 0.6) is 5.75 Å². The van der Waals surface area contributed by atoms with Crippen molar-refractivity contribution >= 4 is 46.5 Å². The van der Waals surface area contributed by atoms with Crippen LogP contribution in [-0.4, -0.2) is 99.7 Å². The number of carboxylic acids is 1. The summed E-state index contributed by atoms with van der Waals surface area (Å²) in [5.74, 6) is -2.46. The van der Waals surface area contributed by atoms with Gasteiger partial charge in [-0.05, 0) is 50.5 Å². The van der Waals surface area contributed by atoms with Crippen LogP contribution in [0.4, 0.5) is 4.79 Å². The predicted octanol–water partition coefficient (Wildman–Crippen LogP) is 1.81. The van der Waals surface area contributed by atoms with Crippen LogP contribution in [0.15, 0.2) is 59.6 Å². The highest BCUT2D eigenvalue weighted by molar-refractivity contribution is 7.84. The molecule has 0 spiro atoms. The summed E-state index contributed by atoms with van der Waals surface area (Å²) in [5.41, 5.74) is 7.24. The number of aliphatic imine (C=N–C) groups is 1. The first-order valence-electron chi connectivity index (χ1n) is 15.3. The highest BCUT2D eigenvalue weighted by Gasteiger charge is 2.31. The van der Waals surface area contributed by atoms with Crippen molar-refractivity contribution < 1.29 is 42.8 Å². The van der Waals surface area contributed by atoms with Gasteiger partial charge in [-0.15, -0.1) is 0 Å². The molecule has 15 heteroatoms. The lowest BCUT2D eigenvalue weighted by molar-refractivity contribution is -0.139. The zero-order valence-corrected chi connectivity index (χ0v) is 28.7. The van der Waals surface area contributed by atoms with E-state index in [2.05, 4.69) is 15.6 Å². The monoisotopic (exact) mass is 687 g/mol. The molecule has 5 N–H and O–H groups in total. The largest absolute Gasteiger partial charge is 0.514 e. The van der Waals surface area contributed by atoms with Crippen LogP contribution in [0.1, 0.15) is 44.7 Å². The Hall–Kier alpha value is -4.79. The zero-order valence-electron chi connectivity index (χ0n) is 27.8. The quantitative estimate of drug-likeness (QED) is 0.0774. The fraction of sp³-hybridized carbons (Fsp3) is 0.455. The predicted molar refractivity (Wildman–Crippen MR) is 181 cm³/mol. The number of nitrogens with one attached hydrogen (secondary N) is 2. The highest BCUT2D eigenvalue weighted by atomic mass is 32.2. The summed E-state index contributed by atoms with van der Waals surface area (Å²) in [7, 11) is 0.146. The van der Waals surface area contributed by atoms with Crippen LogP contribution in [0.25, 0.3) is 0 Å². The molecule has 48 heavy (non-hydrogen) atoms. The van der Waals surface area contributed by atoms with Gasteiger partial charge in [0.2, 0.25) is 17.7 Å². The number of nitrogens with two attached hydrogens (primary N) is 1. The number of nitrogens with zero attached hydrogens (tertiary/aromatic N) is 2. The Morgan fingerprint density at radius 1 is 0.938 bits per heavy atom. The maximum atomic E-state index is 13.7. The van der Waals surface area contributed by atoms with Crippen molar-refractivity contribution in [3.63, 3.8) is 0 Å². The maximum Gasteiger partial charge on any atom is 0.514 e. The Kier molecular flexibility index (Phi) is 16.2. The smallest absolute Gasteiger partial charge is 0.481 e. The first kappa shape index (κ1) is 39.4. The summed E-state index contributed by atoms with van der Waals surface area (Å²) in [4.78, 5) is 69.0. The SMILES string of the molecule is CC(N)=N[C@@H](Cc1ccc(OC(=O)OC(C)C)cc1)C(=O)N[C@H](CCS(C)=O)C(=O)N[C@@H](Cc1ccccc1)C(=O)N(C)CCC(=O)O. The van der Waals surface area contributed by atoms with Gasteiger partial charge in [-0.25, -0.2) is 4.79 Å². The number of amides is 3. The number of hydrogen-bond acceptors (Lipinski definition) is 9. The minimum atomic E-state index is -1.30. The number of carbonyl (C=O) groups excluding carboxylic acids is 4. The number of aliphatic carboxylic acids is 1. The molecule has 0 aliphatic heterocycles. The third kappa shape index (κ3) is 14.8. The van der Waals surface area contributed by atoms with Gasteiger partial charge in [-0.3, -0.25) is 28.4 Å². The van der Waals surface area contributed by atoms with E-state index < -0.39 is 58.8 Å². The lowest BCUT2D eigenvalue weighted by atomic mass is 10.0. The average Bonchev–Trinajstić information content (AvgIpc) is 3.01. The van der Waals surface area contributed by atoms with E-state index in [9.17, 15) is 28.2 Å². The summed E-state index contributed by atoms with van der Waals surface area (Å²) in [6.45, 7) is 4.83. The van der Waals surface area contributed by atoms with Crippen LogP contribution in [0.3, 0.4) is 0 Å². The number of hydrogen-bond donors (Lipinski definition) is 4. The van der Waals surface area contributed by atoms with Crippen molar-refractivity contribution in [1.29, 1.82) is 0 Å². The summed E-state index contributed by atoms with van der Waals surface area (Å²) < 4.78 is 22.1. The van der Waals surface area contributed by atoms with Crippen molar-refractivity contribution in [1.82, 2.24) is 15.5 Å². The number of likely N-dealkylation sites (N-methyl/N-ethyl adjacent to an activating group) is 1. The summed E-state index contributed by atoms with van der Waals surface area (Å²) in [5, 5.41) is 14.5. The zero-order chi connectivity index (χ0) is 35.8. The van der Waals surface area contributed by atoms with Crippen molar-refractivity contribution in [3.05, 3.63) is 65.7 Å². The van der Waals surface area contributed by atoms with Gasteiger partial charge in [0.15, 0.2) is 0 Å². The Labute approximate surface area is 282 Å². The van der Waals surface area contributed by atoms with Gasteiger partial charge in [0, 0.05) is 49.2 Å². The molecule has 0 bridgehead atoms. The number of rotatable bonds is 18. The molecule has 0 saturated heterocycles. The van der Waals surface area contributed by atoms with Gasteiger partial charge in [0.05, 0.1) is 18.4 Å².